The summed E-state index contributed by atoms with van der Waals surface area (Å²) >= 11 is 5.87. The first kappa shape index (κ1) is 19.5. The highest BCUT2D eigenvalue weighted by Crippen LogP contribution is 2.56. The van der Waals surface area contributed by atoms with Gasteiger partial charge in [0.25, 0.3) is 0 Å². The molecule has 0 aliphatic rings. The van der Waals surface area contributed by atoms with E-state index in [1.807, 2.05) is 6.07 Å². The fourth-order valence-electron chi connectivity index (χ4n) is 1.27. The molecule has 0 saturated carbocycles. The van der Waals surface area contributed by atoms with E-state index >= 15 is 0 Å². The number of nitrogens with one attached hydrogen (secondary N) is 1. The second kappa shape index (κ2) is 8.70. The topological polar surface area (TPSA) is 67.8 Å². The summed E-state index contributed by atoms with van der Waals surface area (Å²) in [4.78, 5) is 21.5. The molecule has 1 unspecified atom stereocenters. The van der Waals surface area contributed by atoms with E-state index in [4.69, 9.17) is 20.5 Å². The van der Waals surface area contributed by atoms with Crippen LogP contribution in [0, 0.1) is 0 Å². The smallest absolute Gasteiger partial charge is 0.462 e. The Balaban J connectivity index is 0.00000361. The highest BCUT2D eigenvalue weighted by atomic mass is 35.7. The summed E-state index contributed by atoms with van der Waals surface area (Å²) in [6.45, 7) is 5.03. The molecule has 0 aliphatic carbocycles. The van der Waals surface area contributed by atoms with E-state index in [2.05, 4.69) is 5.09 Å². The zero-order valence-electron chi connectivity index (χ0n) is 11.5. The first-order valence-corrected chi connectivity index (χ1v) is 8.41. The molecule has 1 aromatic rings. The number of carbonyl (C=O) groups is 1. The van der Waals surface area contributed by atoms with Crippen LogP contribution in [0.1, 0.15) is 20.8 Å². The van der Waals surface area contributed by atoms with Crippen molar-refractivity contribution in [1.82, 2.24) is 5.09 Å². The van der Waals surface area contributed by atoms with Gasteiger partial charge in [0, 0.05) is 0 Å². The Bertz CT molecular complexity index is 419. The molecule has 1 rings (SSSR count). The van der Waals surface area contributed by atoms with Gasteiger partial charge in [-0.3, -0.25) is 9.32 Å². The maximum atomic E-state index is 11.6. The van der Waals surface area contributed by atoms with Gasteiger partial charge in [-0.25, -0.2) is 0 Å². The van der Waals surface area contributed by atoms with Gasteiger partial charge in [0.2, 0.25) is 0 Å². The lowest BCUT2D eigenvalue weighted by atomic mass is 10.3. The van der Waals surface area contributed by atoms with Crippen molar-refractivity contribution in [3.05, 3.63) is 30.3 Å². The van der Waals surface area contributed by atoms with Gasteiger partial charge in [-0.2, -0.15) is 18.4 Å². The third-order valence-electron chi connectivity index (χ3n) is 2.03. The SMILES string of the molecule is CC(C)OC(=O)[C@H](C)N[P+](O)(Cl)Oc1ccccc1.S. The predicted octanol–water partition coefficient (Wildman–Crippen LogP) is 3.02. The summed E-state index contributed by atoms with van der Waals surface area (Å²) in [7, 11) is -3.40. The first-order chi connectivity index (χ1) is 8.80. The fraction of sp³-hybridized carbons (Fsp3) is 0.417. The number of hydrogen-bond donors (Lipinski definition) is 2. The van der Waals surface area contributed by atoms with Crippen LogP contribution in [0.3, 0.4) is 0 Å². The summed E-state index contributed by atoms with van der Waals surface area (Å²) in [5.74, 6) is -0.0732. The Labute approximate surface area is 131 Å². The number of hydrogen-bond acceptors (Lipinski definition) is 5. The van der Waals surface area contributed by atoms with Crippen LogP contribution in [0.2, 0.25) is 0 Å². The van der Waals surface area contributed by atoms with Crippen molar-refractivity contribution in [3.63, 3.8) is 0 Å². The molecule has 0 amide bonds. The maximum absolute atomic E-state index is 11.6. The molecular weight excluding hydrogens is 321 g/mol. The minimum Gasteiger partial charge on any atom is -0.462 e. The Morgan fingerprint density at radius 3 is 2.35 bits per heavy atom. The summed E-state index contributed by atoms with van der Waals surface area (Å²) < 4.78 is 10.2. The lowest BCUT2D eigenvalue weighted by Gasteiger charge is -2.17. The van der Waals surface area contributed by atoms with Crippen LogP contribution in [-0.2, 0) is 9.53 Å². The predicted molar refractivity (Wildman–Crippen MR) is 86.3 cm³/mol. The second-order valence-corrected chi connectivity index (χ2v) is 7.06. The van der Waals surface area contributed by atoms with Crippen molar-refractivity contribution in [2.24, 2.45) is 0 Å². The van der Waals surface area contributed by atoms with E-state index in [9.17, 15) is 9.69 Å². The van der Waals surface area contributed by atoms with Crippen molar-refractivity contribution in [3.8, 4) is 5.75 Å². The Hall–Kier alpha value is -0.520. The van der Waals surface area contributed by atoms with Crippen LogP contribution in [0.15, 0.2) is 30.3 Å². The van der Waals surface area contributed by atoms with Crippen LogP contribution >= 0.6 is 32.0 Å². The van der Waals surface area contributed by atoms with Gasteiger partial charge in [0.05, 0.1) is 6.10 Å². The van der Waals surface area contributed by atoms with Crippen LogP contribution in [-0.4, -0.2) is 23.0 Å². The van der Waals surface area contributed by atoms with Crippen molar-refractivity contribution in [2.45, 2.75) is 32.9 Å². The third-order valence-corrected chi connectivity index (χ3v) is 3.69. The summed E-state index contributed by atoms with van der Waals surface area (Å²) in [6.07, 6.45) is -0.228. The molecule has 0 spiro atoms. The molecule has 0 saturated heterocycles. The highest BCUT2D eigenvalue weighted by Gasteiger charge is 2.42. The zero-order chi connectivity index (χ0) is 14.5. The molecule has 0 heterocycles. The van der Waals surface area contributed by atoms with Crippen molar-refractivity contribution in [1.29, 1.82) is 0 Å². The molecule has 0 radical (unpaired) electrons. The number of halogens is 1. The lowest BCUT2D eigenvalue weighted by molar-refractivity contribution is -0.149. The standard InChI is InChI=1S/C12H18ClNO4P.H2S/c1-9(2)17-12(15)10(3)14-19(13,16)18-11-7-5-4-6-8-11;/h4-10,14,16H,1-3H3;1H2/q+1;/t10-,19?;/m0./s1. The van der Waals surface area contributed by atoms with Gasteiger partial charge >= 0.3 is 13.2 Å². The number of ether oxygens (including phenoxy) is 1. The summed E-state index contributed by atoms with van der Waals surface area (Å²) in [5.41, 5.74) is 0. The van der Waals surface area contributed by atoms with Gasteiger partial charge < -0.3 is 4.74 Å². The lowest BCUT2D eigenvalue weighted by Crippen LogP contribution is -2.36. The van der Waals surface area contributed by atoms with Gasteiger partial charge in [0.1, 0.15) is 6.04 Å². The second-order valence-electron chi connectivity index (χ2n) is 4.24. The number of rotatable bonds is 6. The molecule has 0 aliphatic heterocycles. The summed E-state index contributed by atoms with van der Waals surface area (Å²) in [5, 5.41) is 2.55. The monoisotopic (exact) mass is 340 g/mol. The molecule has 0 fully saturated rings. The third kappa shape index (κ3) is 7.31. The quantitative estimate of drug-likeness (QED) is 0.615. The van der Waals surface area contributed by atoms with Crippen LogP contribution in [0.25, 0.3) is 0 Å². The van der Waals surface area contributed by atoms with Crippen molar-refractivity contribution in [2.75, 3.05) is 0 Å². The van der Waals surface area contributed by atoms with Crippen LogP contribution in [0.5, 0.6) is 5.75 Å². The Morgan fingerprint density at radius 1 is 1.30 bits per heavy atom. The zero-order valence-corrected chi connectivity index (χ0v) is 14.2. The van der Waals surface area contributed by atoms with E-state index in [1.165, 1.54) is 0 Å². The highest BCUT2D eigenvalue weighted by molar-refractivity contribution is 7.89. The minimum atomic E-state index is -3.40. The Morgan fingerprint density at radius 2 is 1.85 bits per heavy atom. The molecule has 1 aromatic carbocycles. The van der Waals surface area contributed by atoms with Crippen LogP contribution < -0.4 is 9.61 Å². The molecule has 5 nitrogen and oxygen atoms in total. The van der Waals surface area contributed by atoms with Crippen molar-refractivity contribution >= 4 is 37.9 Å². The normalized spacial score (nSPS) is 14.9. The number of para-hydroxylation sites is 1. The Kier molecular flexibility index (Phi) is 8.47. The average Bonchev–Trinajstić information content (AvgIpc) is 2.27. The van der Waals surface area contributed by atoms with Gasteiger partial charge in [-0.1, -0.05) is 18.2 Å². The van der Waals surface area contributed by atoms with Crippen LogP contribution in [0.4, 0.5) is 0 Å². The molecule has 20 heavy (non-hydrogen) atoms. The van der Waals surface area contributed by atoms with E-state index in [1.54, 1.807) is 45.0 Å². The molecule has 2 N–H and O–H groups in total. The number of esters is 1. The van der Waals surface area contributed by atoms with E-state index in [0.29, 0.717) is 5.75 Å². The summed E-state index contributed by atoms with van der Waals surface area (Å²) in [6, 6.07) is 7.88. The average molecular weight is 341 g/mol. The minimum absolute atomic E-state index is 0. The fourth-order valence-corrected chi connectivity index (χ4v) is 2.99. The van der Waals surface area contributed by atoms with Gasteiger partial charge in [-0.15, -0.1) is 5.09 Å². The largest absolute Gasteiger partial charge is 0.496 e. The van der Waals surface area contributed by atoms with Gasteiger partial charge in [-0.05, 0) is 32.9 Å². The molecule has 0 aromatic heterocycles. The number of benzene rings is 1. The molecule has 8 heteroatoms. The maximum Gasteiger partial charge on any atom is 0.496 e. The van der Waals surface area contributed by atoms with Gasteiger partial charge in [0.15, 0.2) is 17.0 Å². The van der Waals surface area contributed by atoms with E-state index < -0.39 is 19.2 Å². The molecule has 2 atom stereocenters. The number of carbonyl (C=O) groups excluding carboxylic acids is 1. The molecule has 114 valence electrons. The molecule has 0 bridgehead atoms. The van der Waals surface area contributed by atoms with E-state index in [-0.39, 0.29) is 19.6 Å². The van der Waals surface area contributed by atoms with E-state index in [0.717, 1.165) is 0 Å². The van der Waals surface area contributed by atoms with Crippen molar-refractivity contribution < 1.29 is 18.9 Å². The first-order valence-electron chi connectivity index (χ1n) is 5.84. The molecular formula is C12H20ClNO4PS+.